The van der Waals surface area contributed by atoms with E-state index in [9.17, 15) is 24.5 Å². The molecule has 2 atom stereocenters. The van der Waals surface area contributed by atoms with E-state index in [0.29, 0.717) is 12.0 Å². The molecule has 154 valence electrons. The molecule has 11 heteroatoms. The molecule has 11 nitrogen and oxygen atoms in total. The van der Waals surface area contributed by atoms with Crippen molar-refractivity contribution in [2.75, 3.05) is 0 Å². The van der Waals surface area contributed by atoms with Crippen molar-refractivity contribution in [1.82, 2.24) is 16.3 Å². The van der Waals surface area contributed by atoms with Gasteiger partial charge in [0.25, 0.3) is 11.6 Å². The van der Waals surface area contributed by atoms with Crippen LogP contribution in [-0.2, 0) is 20.8 Å². The normalized spacial score (nSPS) is 12.8. The summed E-state index contributed by atoms with van der Waals surface area (Å²) in [5, 5.41) is 30.8. The van der Waals surface area contributed by atoms with Gasteiger partial charge in [-0.05, 0) is 17.9 Å². The van der Waals surface area contributed by atoms with Crippen LogP contribution in [0.2, 0.25) is 0 Å². The molecule has 3 amide bonds. The molecule has 0 saturated carbocycles. The number of amides is 3. The number of non-ortho nitro benzene ring substituents is 1. The molecular formula is C17H24N4O7. The Labute approximate surface area is 161 Å². The topological polar surface area (TPSA) is 171 Å². The standard InChI is InChI=1S/C17H24N4O7/c1-10(2)7-12(9-15(22)19-25)16(23)18-14(17(24)20-26)8-11-3-5-13(6-4-11)21(27)28/h3-6,10,12,14,25-26H,7-9H2,1-2H3,(H,18,23)(H,19,22)(H,20,24)/t12?,14-/m0/s1. The third-order valence-corrected chi connectivity index (χ3v) is 4.01. The molecule has 0 aromatic heterocycles. The zero-order valence-electron chi connectivity index (χ0n) is 15.5. The second-order valence-corrected chi connectivity index (χ2v) is 6.73. The minimum absolute atomic E-state index is 0.0310. The molecule has 0 heterocycles. The quantitative estimate of drug-likeness (QED) is 0.220. The van der Waals surface area contributed by atoms with E-state index >= 15 is 0 Å². The monoisotopic (exact) mass is 396 g/mol. The number of nitrogens with one attached hydrogen (secondary N) is 3. The summed E-state index contributed by atoms with van der Waals surface area (Å²) >= 11 is 0. The lowest BCUT2D eigenvalue weighted by Gasteiger charge is -2.22. The summed E-state index contributed by atoms with van der Waals surface area (Å²) < 4.78 is 0. The summed E-state index contributed by atoms with van der Waals surface area (Å²) in [6, 6.07) is 4.24. The van der Waals surface area contributed by atoms with Gasteiger partial charge in [0, 0.05) is 30.9 Å². The van der Waals surface area contributed by atoms with Gasteiger partial charge in [0.1, 0.15) is 6.04 Å². The number of benzene rings is 1. The molecule has 0 spiro atoms. The maximum absolute atomic E-state index is 12.6. The molecule has 0 aliphatic heterocycles. The van der Waals surface area contributed by atoms with Crippen molar-refractivity contribution in [1.29, 1.82) is 0 Å². The summed E-state index contributed by atoms with van der Waals surface area (Å²) in [7, 11) is 0. The molecule has 1 aromatic rings. The number of rotatable bonds is 10. The molecule has 28 heavy (non-hydrogen) atoms. The Hall–Kier alpha value is -3.05. The molecule has 5 N–H and O–H groups in total. The van der Waals surface area contributed by atoms with Crippen LogP contribution in [0.15, 0.2) is 24.3 Å². The first kappa shape index (κ1) is 23.0. The fraction of sp³-hybridized carbons (Fsp3) is 0.471. The number of carbonyl (C=O) groups excluding carboxylic acids is 3. The van der Waals surface area contributed by atoms with Crippen LogP contribution >= 0.6 is 0 Å². The smallest absolute Gasteiger partial charge is 0.269 e. The highest BCUT2D eigenvalue weighted by molar-refractivity contribution is 5.90. The first-order valence-electron chi connectivity index (χ1n) is 8.58. The predicted octanol–water partition coefficient (Wildman–Crippen LogP) is 0.685. The number of nitrogens with zero attached hydrogens (tertiary/aromatic N) is 1. The van der Waals surface area contributed by atoms with Gasteiger partial charge in [0.05, 0.1) is 4.92 Å². The highest BCUT2D eigenvalue weighted by atomic mass is 16.6. The third-order valence-electron chi connectivity index (χ3n) is 4.01. The SMILES string of the molecule is CC(C)CC(CC(=O)NO)C(=O)N[C@@H](Cc1ccc([N+](=O)[O-])cc1)C(=O)NO. The Morgan fingerprint density at radius 3 is 2.14 bits per heavy atom. The van der Waals surface area contributed by atoms with Crippen molar-refractivity contribution in [2.45, 2.75) is 39.2 Å². The van der Waals surface area contributed by atoms with E-state index in [2.05, 4.69) is 5.32 Å². The Balaban J connectivity index is 2.93. The van der Waals surface area contributed by atoms with Crippen LogP contribution in [0, 0.1) is 22.0 Å². The summed E-state index contributed by atoms with van der Waals surface area (Å²) in [6.07, 6.45) is 0.0342. The zero-order chi connectivity index (χ0) is 21.3. The third kappa shape index (κ3) is 7.29. The zero-order valence-corrected chi connectivity index (χ0v) is 15.5. The van der Waals surface area contributed by atoms with Gasteiger partial charge in [-0.3, -0.25) is 34.9 Å². The second-order valence-electron chi connectivity index (χ2n) is 6.73. The number of nitro groups is 1. The van der Waals surface area contributed by atoms with Gasteiger partial charge in [-0.25, -0.2) is 11.0 Å². The molecule has 1 rings (SSSR count). The van der Waals surface area contributed by atoms with Gasteiger partial charge in [-0.2, -0.15) is 0 Å². The largest absolute Gasteiger partial charge is 0.344 e. The molecule has 1 aromatic carbocycles. The minimum Gasteiger partial charge on any atom is -0.344 e. The average Bonchev–Trinajstić information content (AvgIpc) is 2.66. The van der Waals surface area contributed by atoms with Crippen molar-refractivity contribution < 1.29 is 29.7 Å². The van der Waals surface area contributed by atoms with E-state index in [-0.39, 0.29) is 24.4 Å². The van der Waals surface area contributed by atoms with Crippen LogP contribution in [0.25, 0.3) is 0 Å². The molecule has 0 fully saturated rings. The maximum atomic E-state index is 12.6. The molecule has 0 aliphatic rings. The van der Waals surface area contributed by atoms with E-state index in [1.54, 1.807) is 0 Å². The number of nitro benzene ring substituents is 1. The summed E-state index contributed by atoms with van der Waals surface area (Å²) in [5.74, 6) is -2.92. The van der Waals surface area contributed by atoms with Crippen molar-refractivity contribution in [3.8, 4) is 0 Å². The lowest BCUT2D eigenvalue weighted by atomic mass is 9.92. The van der Waals surface area contributed by atoms with Gasteiger partial charge >= 0.3 is 0 Å². The predicted molar refractivity (Wildman–Crippen MR) is 96.2 cm³/mol. The molecule has 0 radical (unpaired) electrons. The van der Waals surface area contributed by atoms with Gasteiger partial charge in [0.15, 0.2) is 0 Å². The number of hydrogen-bond acceptors (Lipinski definition) is 7. The molecule has 0 saturated heterocycles. The fourth-order valence-electron chi connectivity index (χ4n) is 2.69. The Kier molecular flexibility index (Phi) is 8.99. The van der Waals surface area contributed by atoms with Crippen LogP contribution < -0.4 is 16.3 Å². The maximum Gasteiger partial charge on any atom is 0.269 e. The van der Waals surface area contributed by atoms with Crippen molar-refractivity contribution in [3.63, 3.8) is 0 Å². The Morgan fingerprint density at radius 1 is 1.07 bits per heavy atom. The Bertz CT molecular complexity index is 706. The summed E-state index contributed by atoms with van der Waals surface area (Å²) in [5.41, 5.74) is 3.34. The van der Waals surface area contributed by atoms with Gasteiger partial charge in [-0.15, -0.1) is 0 Å². The van der Waals surface area contributed by atoms with E-state index in [1.165, 1.54) is 35.2 Å². The van der Waals surface area contributed by atoms with E-state index in [4.69, 9.17) is 10.4 Å². The molecule has 0 bridgehead atoms. The fourth-order valence-corrected chi connectivity index (χ4v) is 2.69. The van der Waals surface area contributed by atoms with Gasteiger partial charge in [-0.1, -0.05) is 26.0 Å². The lowest BCUT2D eigenvalue weighted by Crippen LogP contribution is -2.49. The van der Waals surface area contributed by atoms with Crippen molar-refractivity contribution >= 4 is 23.4 Å². The average molecular weight is 396 g/mol. The van der Waals surface area contributed by atoms with Crippen LogP contribution in [0.3, 0.4) is 0 Å². The lowest BCUT2D eigenvalue weighted by molar-refractivity contribution is -0.384. The van der Waals surface area contributed by atoms with Crippen LogP contribution in [0.4, 0.5) is 5.69 Å². The van der Waals surface area contributed by atoms with E-state index < -0.39 is 34.6 Å². The van der Waals surface area contributed by atoms with Gasteiger partial charge in [0.2, 0.25) is 11.8 Å². The summed E-state index contributed by atoms with van der Waals surface area (Å²) in [4.78, 5) is 46.1. The second kappa shape index (κ2) is 10.9. The highest BCUT2D eigenvalue weighted by Crippen LogP contribution is 2.17. The molecule has 0 aliphatic carbocycles. The number of carbonyl (C=O) groups is 3. The van der Waals surface area contributed by atoms with Crippen LogP contribution in [0.1, 0.15) is 32.3 Å². The first-order valence-corrected chi connectivity index (χ1v) is 8.58. The molecular weight excluding hydrogens is 372 g/mol. The number of hydrogen-bond donors (Lipinski definition) is 5. The minimum atomic E-state index is -1.16. The van der Waals surface area contributed by atoms with Crippen molar-refractivity contribution in [2.24, 2.45) is 11.8 Å². The number of hydroxylamine groups is 2. The first-order chi connectivity index (χ1) is 13.2. The van der Waals surface area contributed by atoms with Crippen LogP contribution in [-0.4, -0.2) is 39.1 Å². The molecule has 1 unspecified atom stereocenters. The van der Waals surface area contributed by atoms with Crippen molar-refractivity contribution in [3.05, 3.63) is 39.9 Å². The Morgan fingerprint density at radius 2 is 1.68 bits per heavy atom. The van der Waals surface area contributed by atoms with E-state index in [1.807, 2.05) is 13.8 Å². The highest BCUT2D eigenvalue weighted by Gasteiger charge is 2.28. The summed E-state index contributed by atoms with van der Waals surface area (Å²) in [6.45, 7) is 3.71. The van der Waals surface area contributed by atoms with Gasteiger partial charge < -0.3 is 5.32 Å². The van der Waals surface area contributed by atoms with E-state index in [0.717, 1.165) is 0 Å². The van der Waals surface area contributed by atoms with Crippen LogP contribution in [0.5, 0.6) is 0 Å².